The van der Waals surface area contributed by atoms with Crippen LogP contribution in [0.3, 0.4) is 0 Å². The van der Waals surface area contributed by atoms with Crippen molar-refractivity contribution in [3.05, 3.63) is 46.4 Å². The largest absolute Gasteiger partial charge is 0.324 e. The Kier molecular flexibility index (Phi) is 2.86. The summed E-state index contributed by atoms with van der Waals surface area (Å²) >= 11 is 3.33. The molecule has 3 nitrogen and oxygen atoms in total. The van der Waals surface area contributed by atoms with Crippen molar-refractivity contribution in [2.45, 2.75) is 5.25 Å². The van der Waals surface area contributed by atoms with Gasteiger partial charge in [-0.1, -0.05) is 6.07 Å². The van der Waals surface area contributed by atoms with Gasteiger partial charge in [-0.3, -0.25) is 9.78 Å². The molecule has 3 rings (SSSR count). The van der Waals surface area contributed by atoms with Crippen molar-refractivity contribution < 1.29 is 4.79 Å². The number of fused-ring (bicyclic) bond motifs is 1. The van der Waals surface area contributed by atoms with Crippen LogP contribution in [0.2, 0.25) is 0 Å². The van der Waals surface area contributed by atoms with Gasteiger partial charge in [0.05, 0.1) is 16.7 Å². The van der Waals surface area contributed by atoms with Crippen LogP contribution in [0.15, 0.2) is 36.0 Å². The lowest BCUT2D eigenvalue weighted by Gasteiger charge is -2.12. The molecular formula is C12H10N2OS2. The fraction of sp³-hybridized carbons (Fsp3) is 0.167. The van der Waals surface area contributed by atoms with Gasteiger partial charge < -0.3 is 5.32 Å². The van der Waals surface area contributed by atoms with Gasteiger partial charge >= 0.3 is 0 Å². The summed E-state index contributed by atoms with van der Waals surface area (Å²) in [6.45, 7) is 0. The zero-order valence-corrected chi connectivity index (χ0v) is 10.6. The number of nitrogens with one attached hydrogen (secondary N) is 1. The van der Waals surface area contributed by atoms with E-state index in [0.717, 1.165) is 11.3 Å². The quantitative estimate of drug-likeness (QED) is 0.859. The average Bonchev–Trinajstić information content (AvgIpc) is 2.73. The minimum Gasteiger partial charge on any atom is -0.324 e. The molecule has 0 saturated carbocycles. The van der Waals surface area contributed by atoms with Crippen molar-refractivity contribution in [2.75, 3.05) is 11.1 Å². The maximum Gasteiger partial charge on any atom is 0.234 e. The van der Waals surface area contributed by atoms with Crippen molar-refractivity contribution >= 4 is 34.7 Å². The van der Waals surface area contributed by atoms with Crippen molar-refractivity contribution in [2.24, 2.45) is 0 Å². The summed E-state index contributed by atoms with van der Waals surface area (Å²) in [5.41, 5.74) is 2.09. The topological polar surface area (TPSA) is 42.0 Å². The highest BCUT2D eigenvalue weighted by Gasteiger charge is 2.25. The molecule has 2 aromatic rings. The summed E-state index contributed by atoms with van der Waals surface area (Å²) in [5, 5.41) is 5.15. The smallest absolute Gasteiger partial charge is 0.234 e. The minimum atomic E-state index is 0.0704. The molecule has 0 aromatic carbocycles. The van der Waals surface area contributed by atoms with Crippen LogP contribution in [0.5, 0.6) is 0 Å². The first-order valence-corrected chi connectivity index (χ1v) is 7.16. The summed E-state index contributed by atoms with van der Waals surface area (Å²) in [7, 11) is 0. The third-order valence-electron chi connectivity index (χ3n) is 2.58. The van der Waals surface area contributed by atoms with Gasteiger partial charge in [0.2, 0.25) is 5.91 Å². The van der Waals surface area contributed by atoms with Crippen molar-refractivity contribution in [3.8, 4) is 0 Å². The lowest BCUT2D eigenvalue weighted by Crippen LogP contribution is -2.11. The summed E-state index contributed by atoms with van der Waals surface area (Å²) in [6, 6.07) is 5.96. The van der Waals surface area contributed by atoms with Gasteiger partial charge in [0.25, 0.3) is 0 Å². The fourth-order valence-corrected chi connectivity index (χ4v) is 4.05. The second-order valence-electron chi connectivity index (χ2n) is 3.72. The Hall–Kier alpha value is -1.33. The van der Waals surface area contributed by atoms with Crippen LogP contribution < -0.4 is 5.32 Å². The highest BCUT2D eigenvalue weighted by atomic mass is 32.2. The Labute approximate surface area is 107 Å². The molecule has 86 valence electrons. The molecule has 3 heterocycles. The molecule has 1 aliphatic rings. The first kappa shape index (κ1) is 10.8. The first-order valence-electron chi connectivity index (χ1n) is 5.23. The van der Waals surface area contributed by atoms with E-state index in [0.29, 0.717) is 5.75 Å². The molecule has 0 spiro atoms. The van der Waals surface area contributed by atoms with E-state index in [1.165, 1.54) is 4.88 Å². The first-order chi connectivity index (χ1) is 8.34. The second kappa shape index (κ2) is 4.50. The Morgan fingerprint density at radius 3 is 3.18 bits per heavy atom. The maximum absolute atomic E-state index is 11.6. The number of anilines is 1. The molecule has 0 radical (unpaired) electrons. The Morgan fingerprint density at radius 2 is 2.35 bits per heavy atom. The Morgan fingerprint density at radius 1 is 1.41 bits per heavy atom. The van der Waals surface area contributed by atoms with Crippen LogP contribution in [0, 0.1) is 0 Å². The van der Waals surface area contributed by atoms with E-state index < -0.39 is 0 Å². The van der Waals surface area contributed by atoms with Crippen molar-refractivity contribution in [1.82, 2.24) is 4.98 Å². The number of carbonyl (C=O) groups is 1. The highest BCUT2D eigenvalue weighted by molar-refractivity contribution is 8.00. The van der Waals surface area contributed by atoms with Crippen molar-refractivity contribution in [3.63, 3.8) is 0 Å². The lowest BCUT2D eigenvalue weighted by molar-refractivity contribution is -0.113. The zero-order valence-electron chi connectivity index (χ0n) is 8.92. The number of hydrogen-bond donors (Lipinski definition) is 1. The van der Waals surface area contributed by atoms with Gasteiger partial charge in [-0.2, -0.15) is 0 Å². The molecule has 0 aliphatic carbocycles. The normalized spacial score (nSPS) is 19.3. The fourth-order valence-electron chi connectivity index (χ4n) is 1.83. The molecule has 1 atom stereocenters. The van der Waals surface area contributed by atoms with E-state index in [-0.39, 0.29) is 11.2 Å². The molecule has 0 fully saturated rings. The van der Waals surface area contributed by atoms with Gasteiger partial charge in [-0.05, 0) is 23.1 Å². The number of thiophene rings is 1. The summed E-state index contributed by atoms with van der Waals surface area (Å²) in [6.07, 6.45) is 3.64. The van der Waals surface area contributed by atoms with Crippen LogP contribution in [0.1, 0.15) is 15.7 Å². The number of carbonyl (C=O) groups excluding carboxylic acids is 1. The Bertz CT molecular complexity index is 538. The number of hydrogen-bond acceptors (Lipinski definition) is 4. The standard InChI is InChI=1S/C12H10N2OS2/c15-10-7-17-11(8-2-1-4-13-6-8)12-9(14-10)3-5-16-12/h1-6,11H,7H2,(H,14,15)/t11-/m0/s1. The maximum atomic E-state index is 11.6. The number of pyridine rings is 1. The van der Waals surface area contributed by atoms with Crippen LogP contribution in [-0.2, 0) is 4.79 Å². The average molecular weight is 262 g/mol. The van der Waals surface area contributed by atoms with E-state index in [2.05, 4.69) is 16.4 Å². The van der Waals surface area contributed by atoms with Crippen LogP contribution in [-0.4, -0.2) is 16.6 Å². The molecule has 2 aromatic heterocycles. The Balaban J connectivity index is 2.04. The summed E-state index contributed by atoms with van der Waals surface area (Å²) in [5.74, 6) is 0.557. The van der Waals surface area contributed by atoms with Crippen LogP contribution >= 0.6 is 23.1 Å². The minimum absolute atomic E-state index is 0.0704. The number of aromatic nitrogens is 1. The van der Waals surface area contributed by atoms with Gasteiger partial charge in [0.1, 0.15) is 0 Å². The van der Waals surface area contributed by atoms with Crippen molar-refractivity contribution in [1.29, 1.82) is 0 Å². The summed E-state index contributed by atoms with van der Waals surface area (Å²) in [4.78, 5) is 16.9. The van der Waals surface area contributed by atoms with E-state index in [1.54, 1.807) is 29.3 Å². The molecular weight excluding hydrogens is 252 g/mol. The molecule has 0 saturated heterocycles. The van der Waals surface area contributed by atoms with E-state index in [4.69, 9.17) is 0 Å². The van der Waals surface area contributed by atoms with Gasteiger partial charge in [-0.15, -0.1) is 23.1 Å². The predicted molar refractivity (Wildman–Crippen MR) is 71.5 cm³/mol. The van der Waals surface area contributed by atoms with Crippen LogP contribution in [0.4, 0.5) is 5.69 Å². The molecule has 5 heteroatoms. The lowest BCUT2D eigenvalue weighted by atomic mass is 10.1. The summed E-state index contributed by atoms with van der Waals surface area (Å²) < 4.78 is 0. The van der Waals surface area contributed by atoms with Gasteiger partial charge in [0, 0.05) is 17.3 Å². The molecule has 17 heavy (non-hydrogen) atoms. The number of thioether (sulfide) groups is 1. The zero-order chi connectivity index (χ0) is 11.7. The third kappa shape index (κ3) is 2.08. The monoisotopic (exact) mass is 262 g/mol. The molecule has 1 N–H and O–H groups in total. The molecule has 0 unspecified atom stereocenters. The number of rotatable bonds is 1. The second-order valence-corrected chi connectivity index (χ2v) is 5.77. The predicted octanol–water partition coefficient (Wildman–Crippen LogP) is 2.92. The highest BCUT2D eigenvalue weighted by Crippen LogP contribution is 2.43. The van der Waals surface area contributed by atoms with Gasteiger partial charge in [0.15, 0.2) is 0 Å². The number of amides is 1. The van der Waals surface area contributed by atoms with Crippen LogP contribution in [0.25, 0.3) is 0 Å². The SMILES string of the molecule is O=C1CS[C@@H](c2cccnc2)c2sccc2N1. The van der Waals surface area contributed by atoms with E-state index in [1.807, 2.05) is 23.7 Å². The number of nitrogens with zero attached hydrogens (tertiary/aromatic N) is 1. The van der Waals surface area contributed by atoms with Gasteiger partial charge in [-0.25, -0.2) is 0 Å². The third-order valence-corrected chi connectivity index (χ3v) is 4.98. The van der Waals surface area contributed by atoms with E-state index >= 15 is 0 Å². The van der Waals surface area contributed by atoms with E-state index in [9.17, 15) is 4.79 Å². The molecule has 0 bridgehead atoms. The molecule has 1 amide bonds. The molecule has 1 aliphatic heterocycles.